The van der Waals surface area contributed by atoms with Crippen molar-refractivity contribution in [3.05, 3.63) is 54.2 Å². The molecule has 9 heteroatoms. The van der Waals surface area contributed by atoms with Crippen LogP contribution in [-0.4, -0.2) is 56.4 Å². The number of carbonyl (C=O) groups excluding carboxylic acids is 2. The highest BCUT2D eigenvalue weighted by atomic mass is 16.6. The number of fused-ring (bicyclic) bond motifs is 1. The number of aliphatic imine (C=N–C) groups is 1. The van der Waals surface area contributed by atoms with Gasteiger partial charge in [-0.1, -0.05) is 30.3 Å². The van der Waals surface area contributed by atoms with Gasteiger partial charge in [0.2, 0.25) is 0 Å². The summed E-state index contributed by atoms with van der Waals surface area (Å²) in [4.78, 5) is 32.0. The number of rotatable bonds is 3. The van der Waals surface area contributed by atoms with Crippen molar-refractivity contribution in [2.75, 3.05) is 12.3 Å². The second kappa shape index (κ2) is 10.1. The molecule has 2 aliphatic rings. The number of amides is 1. The highest BCUT2D eigenvalue weighted by molar-refractivity contribution is 6.03. The summed E-state index contributed by atoms with van der Waals surface area (Å²) in [5.74, 6) is 0.277. The molecule has 0 spiro atoms. The lowest BCUT2D eigenvalue weighted by Gasteiger charge is -2.28. The van der Waals surface area contributed by atoms with E-state index in [1.54, 1.807) is 0 Å². The molecule has 2 N–H and O–H groups in total. The van der Waals surface area contributed by atoms with Gasteiger partial charge >= 0.3 is 12.2 Å². The summed E-state index contributed by atoms with van der Waals surface area (Å²) in [5, 5.41) is 4.91. The van der Waals surface area contributed by atoms with Gasteiger partial charge in [-0.25, -0.2) is 9.59 Å². The van der Waals surface area contributed by atoms with Crippen LogP contribution < -0.4 is 5.73 Å². The molecule has 2 aromatic carbocycles. The van der Waals surface area contributed by atoms with Gasteiger partial charge in [0.25, 0.3) is 0 Å². The summed E-state index contributed by atoms with van der Waals surface area (Å²) in [6.45, 7) is 11.8. The Bertz CT molecular complexity index is 1520. The lowest BCUT2D eigenvalue weighted by atomic mass is 9.96. The fourth-order valence-corrected chi connectivity index (χ4v) is 5.12. The molecular weight excluding hydrogens is 506 g/mol. The lowest BCUT2D eigenvalue weighted by Crippen LogP contribution is -2.43. The maximum Gasteiger partial charge on any atom is 0.435 e. The summed E-state index contributed by atoms with van der Waals surface area (Å²) in [7, 11) is 0. The molecule has 1 saturated heterocycles. The first kappa shape index (κ1) is 27.4. The first-order chi connectivity index (χ1) is 18.8. The quantitative estimate of drug-likeness (QED) is 0.396. The fraction of sp³-hybridized carbons (Fsp3) is 0.419. The number of ether oxygens (including phenoxy) is 2. The summed E-state index contributed by atoms with van der Waals surface area (Å²) >= 11 is 0. The molecule has 1 aromatic heterocycles. The first-order valence-electron chi connectivity index (χ1n) is 13.7. The van der Waals surface area contributed by atoms with Crippen LogP contribution in [0.4, 0.5) is 15.4 Å². The average Bonchev–Trinajstić information content (AvgIpc) is 3.61. The monoisotopic (exact) mass is 543 g/mol. The number of anilines is 1. The van der Waals surface area contributed by atoms with E-state index in [0.717, 1.165) is 40.8 Å². The Morgan fingerprint density at radius 1 is 0.900 bits per heavy atom. The van der Waals surface area contributed by atoms with Gasteiger partial charge in [-0.2, -0.15) is 4.68 Å². The van der Waals surface area contributed by atoms with Gasteiger partial charge in [-0.15, -0.1) is 5.10 Å². The number of nitrogen functional groups attached to an aromatic ring is 1. The summed E-state index contributed by atoms with van der Waals surface area (Å²) in [5.41, 5.74) is 10.6. The van der Waals surface area contributed by atoms with E-state index in [0.29, 0.717) is 23.9 Å². The van der Waals surface area contributed by atoms with E-state index in [-0.39, 0.29) is 18.0 Å². The van der Waals surface area contributed by atoms with Gasteiger partial charge in [-0.3, -0.25) is 9.89 Å². The summed E-state index contributed by atoms with van der Waals surface area (Å²) < 4.78 is 12.4. The molecule has 9 nitrogen and oxygen atoms in total. The minimum atomic E-state index is -0.651. The van der Waals surface area contributed by atoms with Crippen molar-refractivity contribution >= 4 is 40.2 Å². The van der Waals surface area contributed by atoms with Crippen LogP contribution in [0.5, 0.6) is 0 Å². The van der Waals surface area contributed by atoms with Gasteiger partial charge < -0.3 is 15.2 Å². The zero-order valence-corrected chi connectivity index (χ0v) is 24.0. The van der Waals surface area contributed by atoms with Gasteiger partial charge in [0.15, 0.2) is 5.82 Å². The highest BCUT2D eigenvalue weighted by Crippen LogP contribution is 2.33. The maximum absolute atomic E-state index is 12.7. The number of nitrogens with two attached hydrogens (primary N) is 1. The largest absolute Gasteiger partial charge is 0.444 e. The molecular formula is C31H37N5O4. The van der Waals surface area contributed by atoms with Gasteiger partial charge in [0, 0.05) is 30.3 Å². The third-order valence-corrected chi connectivity index (χ3v) is 6.89. The number of nitrogens with zero attached hydrogens (tertiary/aromatic N) is 4. The fourth-order valence-electron chi connectivity index (χ4n) is 5.12. The Morgan fingerprint density at radius 3 is 2.20 bits per heavy atom. The van der Waals surface area contributed by atoms with E-state index in [9.17, 15) is 9.59 Å². The molecule has 3 heterocycles. The highest BCUT2D eigenvalue weighted by Gasteiger charge is 2.36. The standard InChI is InChI=1S/C31H37N5O4/c1-30(2,3)39-28(37)35-15-7-8-25(35)24-16-22(18-33-24)20-11-9-19(10-12-20)21-13-14-23-26(17-21)36(34-27(23)32)29(38)40-31(4,5)6/h9-14,17-18,25H,7-8,15-16H2,1-6H3,(H2,32,34). The van der Waals surface area contributed by atoms with Crippen LogP contribution in [0.2, 0.25) is 0 Å². The van der Waals surface area contributed by atoms with E-state index >= 15 is 0 Å². The van der Waals surface area contributed by atoms with Gasteiger partial charge in [-0.05, 0) is 88.8 Å². The van der Waals surface area contributed by atoms with Crippen molar-refractivity contribution in [2.45, 2.75) is 78.0 Å². The smallest absolute Gasteiger partial charge is 0.435 e. The Morgan fingerprint density at radius 2 is 1.52 bits per heavy atom. The summed E-state index contributed by atoms with van der Waals surface area (Å²) in [6, 6.07) is 14.0. The van der Waals surface area contributed by atoms with E-state index in [1.165, 1.54) is 4.68 Å². The van der Waals surface area contributed by atoms with Crippen molar-refractivity contribution in [3.8, 4) is 11.1 Å². The molecule has 40 heavy (non-hydrogen) atoms. The van der Waals surface area contributed by atoms with E-state index in [4.69, 9.17) is 20.2 Å². The van der Waals surface area contributed by atoms with E-state index in [1.807, 2.05) is 70.8 Å². The average molecular weight is 544 g/mol. The lowest BCUT2D eigenvalue weighted by molar-refractivity contribution is 0.0265. The topological polar surface area (TPSA) is 112 Å². The Hall–Kier alpha value is -4.14. The Labute approximate surface area is 234 Å². The molecule has 0 aliphatic carbocycles. The molecule has 1 amide bonds. The first-order valence-corrected chi connectivity index (χ1v) is 13.7. The Kier molecular flexibility index (Phi) is 6.94. The predicted molar refractivity (Wildman–Crippen MR) is 157 cm³/mol. The second-order valence-corrected chi connectivity index (χ2v) is 12.4. The van der Waals surface area contributed by atoms with E-state index in [2.05, 4.69) is 29.4 Å². The van der Waals surface area contributed by atoms with Crippen LogP contribution in [0.3, 0.4) is 0 Å². The number of allylic oxidation sites excluding steroid dienone is 1. The van der Waals surface area contributed by atoms with Crippen LogP contribution in [0.25, 0.3) is 27.6 Å². The van der Waals surface area contributed by atoms with Crippen molar-refractivity contribution in [1.82, 2.24) is 14.7 Å². The zero-order chi connectivity index (χ0) is 28.8. The van der Waals surface area contributed by atoms with Crippen molar-refractivity contribution in [2.24, 2.45) is 4.99 Å². The molecule has 1 fully saturated rings. The molecule has 210 valence electrons. The number of hydrogen-bond donors (Lipinski definition) is 1. The third kappa shape index (κ3) is 5.73. The van der Waals surface area contributed by atoms with E-state index < -0.39 is 17.3 Å². The molecule has 0 bridgehead atoms. The van der Waals surface area contributed by atoms with Gasteiger partial charge in [0.05, 0.1) is 11.6 Å². The minimum Gasteiger partial charge on any atom is -0.444 e. The minimum absolute atomic E-state index is 0.0307. The Balaban J connectivity index is 1.31. The van der Waals surface area contributed by atoms with Crippen LogP contribution in [0.1, 0.15) is 66.4 Å². The molecule has 0 saturated carbocycles. The number of likely N-dealkylation sites (tertiary alicyclic amines) is 1. The van der Waals surface area contributed by atoms with Crippen LogP contribution >= 0.6 is 0 Å². The predicted octanol–water partition coefficient (Wildman–Crippen LogP) is 6.65. The molecule has 3 aromatic rings. The van der Waals surface area contributed by atoms with Crippen LogP contribution in [0, 0.1) is 0 Å². The van der Waals surface area contributed by atoms with Crippen LogP contribution in [0.15, 0.2) is 53.7 Å². The number of hydrogen-bond acceptors (Lipinski definition) is 7. The number of carbonyl (C=O) groups is 2. The molecule has 0 radical (unpaired) electrons. The van der Waals surface area contributed by atoms with Gasteiger partial charge in [0.1, 0.15) is 11.2 Å². The maximum atomic E-state index is 12.7. The van der Waals surface area contributed by atoms with Crippen molar-refractivity contribution < 1.29 is 19.1 Å². The SMILES string of the molecule is CC(C)(C)OC(=O)N1CCCC1C1=NC=C(c2ccc(-c3ccc4c(N)nn(C(=O)OC(C)(C)C)c4c3)cc2)C1. The van der Waals surface area contributed by atoms with Crippen molar-refractivity contribution in [1.29, 1.82) is 0 Å². The third-order valence-electron chi connectivity index (χ3n) is 6.89. The molecule has 1 atom stereocenters. The normalized spacial score (nSPS) is 17.6. The number of benzene rings is 2. The van der Waals surface area contributed by atoms with Crippen LogP contribution in [-0.2, 0) is 9.47 Å². The second-order valence-electron chi connectivity index (χ2n) is 12.4. The number of aromatic nitrogens is 2. The molecule has 1 unspecified atom stereocenters. The zero-order valence-electron chi connectivity index (χ0n) is 24.0. The summed E-state index contributed by atoms with van der Waals surface area (Å²) in [6.07, 6.45) is 3.59. The van der Waals surface area contributed by atoms with Crippen molar-refractivity contribution in [3.63, 3.8) is 0 Å². The molecule has 5 rings (SSSR count). The molecule has 2 aliphatic heterocycles.